The highest BCUT2D eigenvalue weighted by atomic mass is 32.2. The first kappa shape index (κ1) is 13.2. The highest BCUT2D eigenvalue weighted by Gasteiger charge is 2.18. The standard InChI is InChI=1S/C12H14N2O2S2/c1-9(2)14-18(15,16)12-7-6-11(17-12)10-5-3-4-8-13-10/h3-9,14H,1-2H3. The minimum absolute atomic E-state index is 0.115. The Kier molecular flexibility index (Phi) is 3.79. The Balaban J connectivity index is 2.32. The maximum atomic E-state index is 12.0. The van der Waals surface area contributed by atoms with E-state index in [9.17, 15) is 8.42 Å². The third-order valence-corrected chi connectivity index (χ3v) is 5.41. The van der Waals surface area contributed by atoms with Gasteiger partial charge in [0.25, 0.3) is 0 Å². The van der Waals surface area contributed by atoms with Crippen LogP contribution in [0.2, 0.25) is 0 Å². The molecule has 0 saturated carbocycles. The molecule has 0 fully saturated rings. The molecule has 6 heteroatoms. The summed E-state index contributed by atoms with van der Waals surface area (Å²) >= 11 is 1.22. The molecule has 4 nitrogen and oxygen atoms in total. The summed E-state index contributed by atoms with van der Waals surface area (Å²) in [6.45, 7) is 3.59. The van der Waals surface area contributed by atoms with Crippen LogP contribution < -0.4 is 4.72 Å². The van der Waals surface area contributed by atoms with Crippen LogP contribution in [0.25, 0.3) is 10.6 Å². The number of hydrogen-bond acceptors (Lipinski definition) is 4. The van der Waals surface area contributed by atoms with E-state index < -0.39 is 10.0 Å². The van der Waals surface area contributed by atoms with Crippen molar-refractivity contribution >= 4 is 21.4 Å². The van der Waals surface area contributed by atoms with Crippen molar-refractivity contribution < 1.29 is 8.42 Å². The molecular weight excluding hydrogens is 268 g/mol. The first-order chi connectivity index (χ1) is 8.49. The van der Waals surface area contributed by atoms with Gasteiger partial charge in [0, 0.05) is 12.2 Å². The van der Waals surface area contributed by atoms with Crippen molar-refractivity contribution in [1.29, 1.82) is 0 Å². The highest BCUT2D eigenvalue weighted by molar-refractivity contribution is 7.91. The largest absolute Gasteiger partial charge is 0.255 e. The Morgan fingerprint density at radius 3 is 2.61 bits per heavy atom. The van der Waals surface area contributed by atoms with Gasteiger partial charge in [-0.2, -0.15) is 0 Å². The first-order valence-corrected chi connectivity index (χ1v) is 7.82. The molecule has 0 aliphatic carbocycles. The van der Waals surface area contributed by atoms with Gasteiger partial charge in [0.2, 0.25) is 10.0 Å². The van der Waals surface area contributed by atoms with Gasteiger partial charge in [-0.3, -0.25) is 4.98 Å². The number of hydrogen-bond donors (Lipinski definition) is 1. The van der Waals surface area contributed by atoms with Gasteiger partial charge >= 0.3 is 0 Å². The predicted molar refractivity (Wildman–Crippen MR) is 73.0 cm³/mol. The zero-order chi connectivity index (χ0) is 13.2. The number of rotatable bonds is 4. The highest BCUT2D eigenvalue weighted by Crippen LogP contribution is 2.29. The van der Waals surface area contributed by atoms with Crippen molar-refractivity contribution in [3.63, 3.8) is 0 Å². The minimum atomic E-state index is -3.41. The number of nitrogens with one attached hydrogen (secondary N) is 1. The monoisotopic (exact) mass is 282 g/mol. The van der Waals surface area contributed by atoms with Gasteiger partial charge in [0.05, 0.1) is 10.6 Å². The molecule has 96 valence electrons. The average Bonchev–Trinajstić information content (AvgIpc) is 2.78. The molecular formula is C12H14N2O2S2. The number of thiophene rings is 1. The Hall–Kier alpha value is -1.24. The van der Waals surface area contributed by atoms with Crippen LogP contribution in [-0.4, -0.2) is 19.4 Å². The van der Waals surface area contributed by atoms with Crippen LogP contribution in [0.4, 0.5) is 0 Å². The van der Waals surface area contributed by atoms with Gasteiger partial charge < -0.3 is 0 Å². The Morgan fingerprint density at radius 1 is 1.22 bits per heavy atom. The molecule has 2 heterocycles. The van der Waals surface area contributed by atoms with Crippen LogP contribution in [0.1, 0.15) is 13.8 Å². The van der Waals surface area contributed by atoms with E-state index in [1.54, 1.807) is 32.2 Å². The van der Waals surface area contributed by atoms with E-state index in [-0.39, 0.29) is 6.04 Å². The number of nitrogens with zero attached hydrogens (tertiary/aromatic N) is 1. The molecule has 0 aliphatic heterocycles. The zero-order valence-electron chi connectivity index (χ0n) is 10.1. The molecule has 0 bridgehead atoms. The first-order valence-electron chi connectivity index (χ1n) is 5.52. The van der Waals surface area contributed by atoms with Gasteiger partial charge in [0.15, 0.2) is 0 Å². The summed E-state index contributed by atoms with van der Waals surface area (Å²) in [6.07, 6.45) is 1.69. The Labute approximate surface area is 111 Å². The van der Waals surface area contributed by atoms with Crippen molar-refractivity contribution in [2.45, 2.75) is 24.1 Å². The lowest BCUT2D eigenvalue weighted by atomic mass is 10.3. The van der Waals surface area contributed by atoms with Crippen LogP contribution in [0.5, 0.6) is 0 Å². The summed E-state index contributed by atoms with van der Waals surface area (Å²) in [4.78, 5) is 5.05. The third-order valence-electron chi connectivity index (χ3n) is 2.15. The maximum absolute atomic E-state index is 12.0. The Bertz CT molecular complexity index is 619. The topological polar surface area (TPSA) is 59.1 Å². The normalized spacial score (nSPS) is 11.9. The molecule has 0 aliphatic rings. The molecule has 18 heavy (non-hydrogen) atoms. The molecule has 0 radical (unpaired) electrons. The van der Waals surface area contributed by atoms with Crippen molar-refractivity contribution in [2.75, 3.05) is 0 Å². The SMILES string of the molecule is CC(C)NS(=O)(=O)c1ccc(-c2ccccn2)s1. The quantitative estimate of drug-likeness (QED) is 0.937. The second kappa shape index (κ2) is 5.17. The molecule has 2 aromatic heterocycles. The zero-order valence-corrected chi connectivity index (χ0v) is 11.8. The lowest BCUT2D eigenvalue weighted by Gasteiger charge is -2.06. The second-order valence-corrected chi connectivity index (χ2v) is 7.13. The van der Waals surface area contributed by atoms with E-state index in [4.69, 9.17) is 0 Å². The molecule has 2 rings (SSSR count). The van der Waals surface area contributed by atoms with Crippen molar-refractivity contribution in [3.05, 3.63) is 36.5 Å². The van der Waals surface area contributed by atoms with E-state index in [0.717, 1.165) is 10.6 Å². The fourth-order valence-corrected chi connectivity index (χ4v) is 4.03. The van der Waals surface area contributed by atoms with E-state index in [1.165, 1.54) is 11.3 Å². The van der Waals surface area contributed by atoms with E-state index in [0.29, 0.717) is 4.21 Å². The van der Waals surface area contributed by atoms with Gasteiger partial charge in [0.1, 0.15) is 4.21 Å². The van der Waals surface area contributed by atoms with Crippen molar-refractivity contribution in [2.24, 2.45) is 0 Å². The van der Waals surface area contributed by atoms with Crippen molar-refractivity contribution in [1.82, 2.24) is 9.71 Å². The Morgan fingerprint density at radius 2 is 2.00 bits per heavy atom. The fraction of sp³-hybridized carbons (Fsp3) is 0.250. The third kappa shape index (κ3) is 2.95. The van der Waals surface area contributed by atoms with E-state index in [2.05, 4.69) is 9.71 Å². The smallest absolute Gasteiger partial charge is 0.250 e. The van der Waals surface area contributed by atoms with Crippen LogP contribution in [-0.2, 0) is 10.0 Å². The van der Waals surface area contributed by atoms with Gasteiger partial charge in [-0.05, 0) is 38.1 Å². The second-order valence-electron chi connectivity index (χ2n) is 4.11. The van der Waals surface area contributed by atoms with Gasteiger partial charge in [-0.1, -0.05) is 6.07 Å². The summed E-state index contributed by atoms with van der Waals surface area (Å²) in [6, 6.07) is 8.84. The van der Waals surface area contributed by atoms with Crippen LogP contribution >= 0.6 is 11.3 Å². The van der Waals surface area contributed by atoms with Crippen LogP contribution in [0, 0.1) is 0 Å². The lowest BCUT2D eigenvalue weighted by molar-refractivity contribution is 0.572. The molecule has 0 aromatic carbocycles. The van der Waals surface area contributed by atoms with Crippen LogP contribution in [0.15, 0.2) is 40.7 Å². The molecule has 0 unspecified atom stereocenters. The lowest BCUT2D eigenvalue weighted by Crippen LogP contribution is -2.29. The summed E-state index contributed by atoms with van der Waals surface area (Å²) in [7, 11) is -3.41. The average molecular weight is 282 g/mol. The predicted octanol–water partition coefficient (Wildman–Crippen LogP) is 2.50. The number of sulfonamides is 1. The fourth-order valence-electron chi connectivity index (χ4n) is 1.48. The molecule has 0 amide bonds. The summed E-state index contributed by atoms with van der Waals surface area (Å²) in [5, 5.41) is 0. The summed E-state index contributed by atoms with van der Waals surface area (Å²) < 4.78 is 26.8. The van der Waals surface area contributed by atoms with Gasteiger partial charge in [-0.15, -0.1) is 11.3 Å². The molecule has 1 N–H and O–H groups in total. The summed E-state index contributed by atoms with van der Waals surface area (Å²) in [5.74, 6) is 0. The molecule has 0 saturated heterocycles. The van der Waals surface area contributed by atoms with Crippen LogP contribution in [0.3, 0.4) is 0 Å². The summed E-state index contributed by atoms with van der Waals surface area (Å²) in [5.41, 5.74) is 0.786. The molecule has 2 aromatic rings. The number of aromatic nitrogens is 1. The van der Waals surface area contributed by atoms with E-state index >= 15 is 0 Å². The molecule has 0 spiro atoms. The molecule has 0 atom stereocenters. The van der Waals surface area contributed by atoms with Crippen molar-refractivity contribution in [3.8, 4) is 10.6 Å². The minimum Gasteiger partial charge on any atom is -0.255 e. The maximum Gasteiger partial charge on any atom is 0.250 e. The van der Waals surface area contributed by atoms with Gasteiger partial charge in [-0.25, -0.2) is 13.1 Å². The number of pyridine rings is 1. The van der Waals surface area contributed by atoms with E-state index in [1.807, 2.05) is 18.2 Å².